The van der Waals surface area contributed by atoms with Crippen LogP contribution >= 0.6 is 0 Å². The quantitative estimate of drug-likeness (QED) is 0.777. The average molecular weight is 249 g/mol. The van der Waals surface area contributed by atoms with Gasteiger partial charge in [-0.25, -0.2) is 0 Å². The molecule has 1 unspecified atom stereocenters. The lowest BCUT2D eigenvalue weighted by molar-refractivity contribution is 0.113. The number of ether oxygens (including phenoxy) is 1. The molecule has 1 atom stereocenters. The fourth-order valence-corrected chi connectivity index (χ4v) is 2.16. The van der Waals surface area contributed by atoms with E-state index in [2.05, 4.69) is 57.3 Å². The predicted octanol–water partition coefficient (Wildman–Crippen LogP) is 3.67. The molecule has 1 aromatic carbocycles. The van der Waals surface area contributed by atoms with Gasteiger partial charge in [-0.15, -0.1) is 0 Å². The Kier molecular flexibility index (Phi) is 5.83. The summed E-state index contributed by atoms with van der Waals surface area (Å²) in [5.74, 6) is 0. The zero-order valence-corrected chi connectivity index (χ0v) is 12.4. The molecular formula is C16H27NO. The third kappa shape index (κ3) is 4.11. The Labute approximate surface area is 112 Å². The molecule has 1 aromatic rings. The lowest BCUT2D eigenvalue weighted by Gasteiger charge is -2.27. The highest BCUT2D eigenvalue weighted by atomic mass is 16.5. The van der Waals surface area contributed by atoms with Crippen molar-refractivity contribution in [3.63, 3.8) is 0 Å². The van der Waals surface area contributed by atoms with Crippen molar-refractivity contribution < 1.29 is 4.74 Å². The van der Waals surface area contributed by atoms with Gasteiger partial charge >= 0.3 is 0 Å². The van der Waals surface area contributed by atoms with Crippen LogP contribution in [-0.2, 0) is 10.2 Å². The molecule has 1 N–H and O–H groups in total. The van der Waals surface area contributed by atoms with Gasteiger partial charge in [0.05, 0.1) is 12.6 Å². The summed E-state index contributed by atoms with van der Waals surface area (Å²) in [6.45, 7) is 10.5. The smallest absolute Gasteiger partial charge is 0.0661 e. The maximum atomic E-state index is 5.70. The van der Waals surface area contributed by atoms with Gasteiger partial charge in [0.2, 0.25) is 0 Å². The highest BCUT2D eigenvalue weighted by Gasteiger charge is 2.21. The van der Waals surface area contributed by atoms with Crippen LogP contribution in [0.1, 0.15) is 51.3 Å². The van der Waals surface area contributed by atoms with Gasteiger partial charge in [0.25, 0.3) is 0 Å². The summed E-state index contributed by atoms with van der Waals surface area (Å²) in [7, 11) is 2.00. The monoisotopic (exact) mass is 249 g/mol. The molecule has 0 amide bonds. The molecule has 0 spiro atoms. The van der Waals surface area contributed by atoms with E-state index < -0.39 is 0 Å². The first-order valence-electron chi connectivity index (χ1n) is 6.85. The van der Waals surface area contributed by atoms with Crippen LogP contribution in [0.15, 0.2) is 24.3 Å². The number of rotatable bonds is 6. The third-order valence-corrected chi connectivity index (χ3v) is 3.13. The molecule has 0 heterocycles. The highest BCUT2D eigenvalue weighted by molar-refractivity contribution is 5.35. The summed E-state index contributed by atoms with van der Waals surface area (Å²) in [4.78, 5) is 0. The van der Waals surface area contributed by atoms with E-state index in [-0.39, 0.29) is 11.5 Å². The SMILES string of the molecule is CCCOCC(NC)c1ccccc1C(C)(C)C. The van der Waals surface area contributed by atoms with E-state index in [0.29, 0.717) is 0 Å². The Balaban J connectivity index is 2.91. The average Bonchev–Trinajstić information content (AvgIpc) is 2.34. The van der Waals surface area contributed by atoms with Crippen LogP contribution < -0.4 is 5.32 Å². The van der Waals surface area contributed by atoms with Gasteiger partial charge < -0.3 is 10.1 Å². The molecule has 0 aliphatic carbocycles. The molecule has 0 aliphatic heterocycles. The van der Waals surface area contributed by atoms with Gasteiger partial charge in [0.1, 0.15) is 0 Å². The molecule has 0 aliphatic rings. The number of hydrogen-bond donors (Lipinski definition) is 1. The van der Waals surface area contributed by atoms with Crippen molar-refractivity contribution in [3.8, 4) is 0 Å². The number of likely N-dealkylation sites (N-methyl/N-ethyl adjacent to an activating group) is 1. The van der Waals surface area contributed by atoms with Crippen molar-refractivity contribution in [1.82, 2.24) is 5.32 Å². The van der Waals surface area contributed by atoms with E-state index in [1.807, 2.05) is 7.05 Å². The van der Waals surface area contributed by atoms with E-state index in [1.165, 1.54) is 11.1 Å². The largest absolute Gasteiger partial charge is 0.379 e. The number of nitrogens with one attached hydrogen (secondary N) is 1. The summed E-state index contributed by atoms with van der Waals surface area (Å²) >= 11 is 0. The minimum absolute atomic E-state index is 0.163. The normalized spacial score (nSPS) is 13.6. The first-order valence-corrected chi connectivity index (χ1v) is 6.85. The molecule has 0 radical (unpaired) electrons. The van der Waals surface area contributed by atoms with Crippen LogP contribution in [0.5, 0.6) is 0 Å². The van der Waals surface area contributed by atoms with Crippen molar-refractivity contribution in [2.24, 2.45) is 0 Å². The molecular weight excluding hydrogens is 222 g/mol. The molecule has 2 nitrogen and oxygen atoms in total. The van der Waals surface area contributed by atoms with Gasteiger partial charge in [0, 0.05) is 6.61 Å². The highest BCUT2D eigenvalue weighted by Crippen LogP contribution is 2.29. The minimum Gasteiger partial charge on any atom is -0.379 e. The van der Waals surface area contributed by atoms with Crippen molar-refractivity contribution in [1.29, 1.82) is 0 Å². The first kappa shape index (κ1) is 15.2. The number of benzene rings is 1. The maximum absolute atomic E-state index is 5.70. The zero-order valence-electron chi connectivity index (χ0n) is 12.4. The van der Waals surface area contributed by atoms with Crippen LogP contribution in [0.25, 0.3) is 0 Å². The summed E-state index contributed by atoms with van der Waals surface area (Å²) in [5.41, 5.74) is 2.91. The molecule has 0 saturated heterocycles. The standard InChI is InChI=1S/C16H27NO/c1-6-11-18-12-15(17-5)13-9-7-8-10-14(13)16(2,3)4/h7-10,15,17H,6,11-12H2,1-5H3. The Morgan fingerprint density at radius 2 is 1.89 bits per heavy atom. The van der Waals surface area contributed by atoms with E-state index >= 15 is 0 Å². The van der Waals surface area contributed by atoms with Gasteiger partial charge in [0.15, 0.2) is 0 Å². The second kappa shape index (κ2) is 6.91. The molecule has 1 rings (SSSR count). The van der Waals surface area contributed by atoms with Crippen LogP contribution in [0.4, 0.5) is 0 Å². The molecule has 102 valence electrons. The van der Waals surface area contributed by atoms with Crippen molar-refractivity contribution in [2.75, 3.05) is 20.3 Å². The summed E-state index contributed by atoms with van der Waals surface area (Å²) in [6, 6.07) is 8.92. The van der Waals surface area contributed by atoms with Crippen LogP contribution in [-0.4, -0.2) is 20.3 Å². The van der Waals surface area contributed by atoms with Crippen LogP contribution in [0, 0.1) is 0 Å². The van der Waals surface area contributed by atoms with Crippen molar-refractivity contribution >= 4 is 0 Å². The lowest BCUT2D eigenvalue weighted by atomic mass is 9.82. The third-order valence-electron chi connectivity index (χ3n) is 3.13. The molecule has 0 saturated carbocycles. The second-order valence-electron chi connectivity index (χ2n) is 5.75. The molecule has 0 fully saturated rings. The Morgan fingerprint density at radius 1 is 1.22 bits per heavy atom. The summed E-state index contributed by atoms with van der Waals surface area (Å²) in [6.07, 6.45) is 1.07. The van der Waals surface area contributed by atoms with Gasteiger partial charge in [-0.3, -0.25) is 0 Å². The Hall–Kier alpha value is -0.860. The van der Waals surface area contributed by atoms with Gasteiger partial charge in [-0.2, -0.15) is 0 Å². The van der Waals surface area contributed by atoms with Crippen LogP contribution in [0.3, 0.4) is 0 Å². The fraction of sp³-hybridized carbons (Fsp3) is 0.625. The van der Waals surface area contributed by atoms with Crippen molar-refractivity contribution in [2.45, 2.75) is 45.6 Å². The van der Waals surface area contributed by atoms with Gasteiger partial charge in [-0.1, -0.05) is 52.0 Å². The second-order valence-corrected chi connectivity index (χ2v) is 5.75. The van der Waals surface area contributed by atoms with Gasteiger partial charge in [-0.05, 0) is 30.0 Å². The minimum atomic E-state index is 0.163. The fourth-order valence-electron chi connectivity index (χ4n) is 2.16. The van der Waals surface area contributed by atoms with E-state index in [9.17, 15) is 0 Å². The topological polar surface area (TPSA) is 21.3 Å². The Morgan fingerprint density at radius 3 is 2.44 bits per heavy atom. The predicted molar refractivity (Wildman–Crippen MR) is 78.1 cm³/mol. The maximum Gasteiger partial charge on any atom is 0.0661 e. The first-order chi connectivity index (χ1) is 8.50. The van der Waals surface area contributed by atoms with Crippen molar-refractivity contribution in [3.05, 3.63) is 35.4 Å². The molecule has 0 aromatic heterocycles. The van der Waals surface area contributed by atoms with E-state index in [4.69, 9.17) is 4.74 Å². The van der Waals surface area contributed by atoms with E-state index in [0.717, 1.165) is 19.6 Å². The van der Waals surface area contributed by atoms with E-state index in [1.54, 1.807) is 0 Å². The summed E-state index contributed by atoms with van der Waals surface area (Å²) < 4.78 is 5.70. The summed E-state index contributed by atoms with van der Waals surface area (Å²) in [5, 5.41) is 3.36. The number of hydrogen-bond acceptors (Lipinski definition) is 2. The lowest BCUT2D eigenvalue weighted by Crippen LogP contribution is -2.26. The molecule has 2 heteroatoms. The Bertz CT molecular complexity index is 354. The van der Waals surface area contributed by atoms with Crippen LogP contribution in [0.2, 0.25) is 0 Å². The zero-order chi connectivity index (χ0) is 13.6. The molecule has 0 bridgehead atoms. The molecule has 18 heavy (non-hydrogen) atoms.